The third-order valence-corrected chi connectivity index (χ3v) is 6.92. The maximum Gasteiger partial charge on any atom is 0.315 e. The molecule has 1 aromatic heterocycles. The summed E-state index contributed by atoms with van der Waals surface area (Å²) in [6.45, 7) is 2.29. The van der Waals surface area contributed by atoms with Crippen LogP contribution in [0.15, 0.2) is 17.5 Å². The number of ether oxygens (including phenoxy) is 1. The van der Waals surface area contributed by atoms with Crippen LogP contribution in [0.4, 0.5) is 5.00 Å². The molecule has 3 heterocycles. The highest BCUT2D eigenvalue weighted by Gasteiger charge is 2.60. The van der Waals surface area contributed by atoms with E-state index in [0.29, 0.717) is 5.00 Å². The number of rotatable bonds is 5. The van der Waals surface area contributed by atoms with E-state index >= 15 is 0 Å². The molecule has 2 aliphatic heterocycles. The Morgan fingerprint density at radius 3 is 2.69 bits per heavy atom. The van der Waals surface area contributed by atoms with Gasteiger partial charge in [-0.15, -0.1) is 23.1 Å². The van der Waals surface area contributed by atoms with Crippen molar-refractivity contribution in [2.75, 3.05) is 23.8 Å². The van der Waals surface area contributed by atoms with Gasteiger partial charge in [-0.3, -0.25) is 24.1 Å². The number of esters is 1. The number of hydrogen-bond acceptors (Lipinski definition) is 7. The summed E-state index contributed by atoms with van der Waals surface area (Å²) in [7, 11) is 0. The normalized spacial score (nSPS) is 27.3. The first kappa shape index (κ1) is 18.7. The number of nitrogens with zero attached hydrogens (tertiary/aromatic N) is 2. The highest BCUT2D eigenvalue weighted by atomic mass is 32.2. The first-order valence-electron chi connectivity index (χ1n) is 7.89. The first-order chi connectivity index (χ1) is 12.3. The van der Waals surface area contributed by atoms with Crippen molar-refractivity contribution in [3.8, 4) is 0 Å². The van der Waals surface area contributed by atoms with Gasteiger partial charge in [0.05, 0.1) is 5.00 Å². The lowest BCUT2D eigenvalue weighted by Crippen LogP contribution is -2.74. The van der Waals surface area contributed by atoms with Crippen LogP contribution in [0, 0.1) is 5.41 Å². The summed E-state index contributed by atoms with van der Waals surface area (Å²) in [4.78, 5) is 50.6. The number of carboxylic acids is 1. The molecule has 0 saturated carbocycles. The highest BCUT2D eigenvalue weighted by Crippen LogP contribution is 2.45. The maximum atomic E-state index is 12.7. The first-order valence-corrected chi connectivity index (χ1v) is 9.82. The molecule has 1 N–H and O–H groups in total. The van der Waals surface area contributed by atoms with Crippen LogP contribution in [0.5, 0.6) is 0 Å². The summed E-state index contributed by atoms with van der Waals surface area (Å²) in [5.74, 6) is -2.01. The number of hydrogen-bond donors (Lipinski definition) is 1. The molecule has 2 fully saturated rings. The molecule has 2 aliphatic rings. The highest BCUT2D eigenvalue weighted by molar-refractivity contribution is 8.00. The van der Waals surface area contributed by atoms with Crippen molar-refractivity contribution in [3.63, 3.8) is 0 Å². The third kappa shape index (κ3) is 3.07. The summed E-state index contributed by atoms with van der Waals surface area (Å²) in [6.07, 6.45) is 0. The summed E-state index contributed by atoms with van der Waals surface area (Å²) in [5, 5.41) is 11.8. The zero-order valence-corrected chi connectivity index (χ0v) is 15.8. The second-order valence-corrected chi connectivity index (χ2v) is 8.35. The van der Waals surface area contributed by atoms with Gasteiger partial charge in [-0.25, -0.2) is 0 Å². The molecule has 2 unspecified atom stereocenters. The second-order valence-electron chi connectivity index (χ2n) is 6.32. The molecule has 0 spiro atoms. The van der Waals surface area contributed by atoms with Crippen molar-refractivity contribution in [2.45, 2.75) is 25.3 Å². The molecular weight excluding hydrogens is 380 g/mol. The van der Waals surface area contributed by atoms with Gasteiger partial charge in [-0.05, 0) is 17.5 Å². The topological polar surface area (TPSA) is 104 Å². The average molecular weight is 398 g/mol. The van der Waals surface area contributed by atoms with Crippen molar-refractivity contribution in [3.05, 3.63) is 17.5 Å². The van der Waals surface area contributed by atoms with Crippen molar-refractivity contribution in [1.82, 2.24) is 4.90 Å². The van der Waals surface area contributed by atoms with Gasteiger partial charge in [-0.1, -0.05) is 0 Å². The molecule has 26 heavy (non-hydrogen) atoms. The van der Waals surface area contributed by atoms with E-state index in [2.05, 4.69) is 0 Å². The Hall–Kier alpha value is -2.07. The van der Waals surface area contributed by atoms with E-state index in [9.17, 15) is 24.3 Å². The molecule has 1 aromatic rings. The van der Waals surface area contributed by atoms with Gasteiger partial charge in [0, 0.05) is 26.1 Å². The van der Waals surface area contributed by atoms with Gasteiger partial charge >= 0.3 is 11.9 Å². The van der Waals surface area contributed by atoms with Crippen LogP contribution in [-0.2, 0) is 23.9 Å². The third-order valence-electron chi connectivity index (χ3n) is 4.48. The number of carboxylic acid groups (broad SMARTS) is 1. The number of thioether (sulfide) groups is 1. The van der Waals surface area contributed by atoms with Gasteiger partial charge in [0.25, 0.3) is 0 Å². The molecular formula is C16H18N2O6S2. The van der Waals surface area contributed by atoms with Gasteiger partial charge in [-0.2, -0.15) is 0 Å². The number of fused-ring (bicyclic) bond motifs is 1. The Balaban J connectivity index is 1.79. The zero-order chi connectivity index (χ0) is 19.1. The average Bonchev–Trinajstić information content (AvgIpc) is 3.10. The Morgan fingerprint density at radius 1 is 1.42 bits per heavy atom. The van der Waals surface area contributed by atoms with Crippen LogP contribution in [0.25, 0.3) is 0 Å². The summed E-state index contributed by atoms with van der Waals surface area (Å²) >= 11 is 2.67. The molecule has 140 valence electrons. The maximum absolute atomic E-state index is 12.7. The summed E-state index contributed by atoms with van der Waals surface area (Å²) in [6, 6.07) is 2.94. The van der Waals surface area contributed by atoms with Crippen LogP contribution in [0.3, 0.4) is 0 Å². The number of amides is 2. The SMILES string of the molecule is CC(=O)OCC1(C(=O)O)CS[C@@H]2C(N(C(C)=O)c3cccs3)C(=O)N2C1. The van der Waals surface area contributed by atoms with E-state index in [-0.39, 0.29) is 36.1 Å². The summed E-state index contributed by atoms with van der Waals surface area (Å²) in [5.41, 5.74) is -1.34. The molecule has 10 heteroatoms. The van der Waals surface area contributed by atoms with Crippen LogP contribution in [0.2, 0.25) is 0 Å². The Kier molecular flexibility index (Phi) is 4.98. The largest absolute Gasteiger partial charge is 0.481 e. The molecule has 3 atom stereocenters. The second kappa shape index (κ2) is 6.92. The van der Waals surface area contributed by atoms with Gasteiger partial charge in [0.1, 0.15) is 23.4 Å². The molecule has 0 bridgehead atoms. The van der Waals surface area contributed by atoms with Gasteiger partial charge < -0.3 is 14.7 Å². The van der Waals surface area contributed by atoms with E-state index in [1.807, 2.05) is 5.38 Å². The molecule has 2 saturated heterocycles. The predicted molar refractivity (Wildman–Crippen MR) is 95.9 cm³/mol. The van der Waals surface area contributed by atoms with E-state index in [4.69, 9.17) is 4.74 Å². The zero-order valence-electron chi connectivity index (χ0n) is 14.2. The fraction of sp³-hybridized carbons (Fsp3) is 0.500. The van der Waals surface area contributed by atoms with E-state index in [1.165, 1.54) is 46.7 Å². The monoisotopic (exact) mass is 398 g/mol. The molecule has 0 radical (unpaired) electrons. The number of thiophene rings is 1. The minimum absolute atomic E-state index is 0.0429. The van der Waals surface area contributed by atoms with E-state index in [1.54, 1.807) is 12.1 Å². The lowest BCUT2D eigenvalue weighted by molar-refractivity contribution is -0.163. The number of carbonyl (C=O) groups excluding carboxylic acids is 3. The molecule has 8 nitrogen and oxygen atoms in total. The van der Waals surface area contributed by atoms with E-state index < -0.39 is 23.4 Å². The minimum atomic E-state index is -1.34. The van der Waals surface area contributed by atoms with Crippen LogP contribution < -0.4 is 4.90 Å². The molecule has 0 aromatic carbocycles. The van der Waals surface area contributed by atoms with Crippen molar-refractivity contribution < 1.29 is 29.0 Å². The van der Waals surface area contributed by atoms with Gasteiger partial charge in [0.2, 0.25) is 11.8 Å². The van der Waals surface area contributed by atoms with Crippen molar-refractivity contribution >= 4 is 51.9 Å². The van der Waals surface area contributed by atoms with Crippen LogP contribution >= 0.6 is 23.1 Å². The number of β-lactam (4-membered cyclic amide) rings is 1. The Bertz CT molecular complexity index is 752. The van der Waals surface area contributed by atoms with Crippen molar-refractivity contribution in [1.29, 1.82) is 0 Å². The lowest BCUT2D eigenvalue weighted by atomic mass is 9.88. The minimum Gasteiger partial charge on any atom is -0.481 e. The fourth-order valence-electron chi connectivity index (χ4n) is 3.12. The standard InChI is InChI=1S/C16H18N2O6S2/c1-9(19)18(11-4-3-5-25-11)12-13(21)17-6-16(15(22)23,7-24-10(2)20)8-26-14(12)17/h3-5,12,14H,6-8H2,1-2H3,(H,22,23)/t12?,14-,16?/m1/s1. The molecule has 0 aliphatic carbocycles. The van der Waals surface area contributed by atoms with Crippen LogP contribution in [-0.4, -0.2) is 64.1 Å². The van der Waals surface area contributed by atoms with Gasteiger partial charge in [0.15, 0.2) is 0 Å². The molecule has 2 amide bonds. The Labute approximate surface area is 158 Å². The predicted octanol–water partition coefficient (Wildman–Crippen LogP) is 1.02. The fourth-order valence-corrected chi connectivity index (χ4v) is 5.50. The summed E-state index contributed by atoms with van der Waals surface area (Å²) < 4.78 is 4.93. The van der Waals surface area contributed by atoms with Crippen molar-refractivity contribution in [2.24, 2.45) is 5.41 Å². The van der Waals surface area contributed by atoms with Crippen LogP contribution in [0.1, 0.15) is 13.8 Å². The van der Waals surface area contributed by atoms with E-state index in [0.717, 1.165) is 0 Å². The number of aliphatic carboxylic acids is 1. The lowest BCUT2D eigenvalue weighted by Gasteiger charge is -2.55. The number of carbonyl (C=O) groups is 4. The quantitative estimate of drug-likeness (QED) is 0.583. The smallest absolute Gasteiger partial charge is 0.315 e. The number of anilines is 1. The Morgan fingerprint density at radius 2 is 2.15 bits per heavy atom. The molecule has 3 rings (SSSR count).